The maximum absolute atomic E-state index is 12.3. The molecule has 106 valence electrons. The van der Waals surface area contributed by atoms with Crippen molar-refractivity contribution in [3.63, 3.8) is 0 Å². The summed E-state index contributed by atoms with van der Waals surface area (Å²) >= 11 is 0. The van der Waals surface area contributed by atoms with Gasteiger partial charge in [0.05, 0.1) is 6.04 Å². The molecule has 2 aliphatic rings. The van der Waals surface area contributed by atoms with E-state index in [1.807, 2.05) is 13.8 Å². The minimum atomic E-state index is -0.460. The third-order valence-corrected chi connectivity index (χ3v) is 4.50. The number of Topliss-reactive ketones (excluding diaryl/α,β-unsaturated/α-hetero) is 1. The van der Waals surface area contributed by atoms with E-state index >= 15 is 0 Å². The van der Waals surface area contributed by atoms with Gasteiger partial charge >= 0.3 is 0 Å². The van der Waals surface area contributed by atoms with Gasteiger partial charge in [0.15, 0.2) is 5.78 Å². The maximum atomic E-state index is 12.3. The first-order chi connectivity index (χ1) is 9.06. The van der Waals surface area contributed by atoms with Crippen molar-refractivity contribution >= 4 is 11.7 Å². The largest absolute Gasteiger partial charge is 0.511 e. The van der Waals surface area contributed by atoms with E-state index in [1.54, 1.807) is 0 Å². The van der Waals surface area contributed by atoms with Gasteiger partial charge in [-0.05, 0) is 18.8 Å². The van der Waals surface area contributed by atoms with Crippen LogP contribution in [0.25, 0.3) is 0 Å². The predicted molar refractivity (Wildman–Crippen MR) is 72.6 cm³/mol. The summed E-state index contributed by atoms with van der Waals surface area (Å²) in [7, 11) is 0. The number of amides is 1. The van der Waals surface area contributed by atoms with Crippen LogP contribution in [0.4, 0.5) is 0 Å². The zero-order valence-corrected chi connectivity index (χ0v) is 11.7. The molecule has 2 atom stereocenters. The Morgan fingerprint density at radius 3 is 2.53 bits per heavy atom. The smallest absolute Gasteiger partial charge is 0.259 e. The third kappa shape index (κ3) is 2.67. The van der Waals surface area contributed by atoms with Crippen molar-refractivity contribution in [1.82, 2.24) is 5.32 Å². The number of hydrogen-bond acceptors (Lipinski definition) is 3. The lowest BCUT2D eigenvalue weighted by atomic mass is 9.85. The molecule has 2 rings (SSSR count). The summed E-state index contributed by atoms with van der Waals surface area (Å²) in [6, 6.07) is -0.460. The standard InChI is InChI=1S/C15H23NO3/c1-3-9(2)12-14(18)11(15(19)16-12)13(17)10-7-5-4-6-8-10/h9-10,12,17H,3-8H2,1-2H3,(H,16,19)/b13-11-/t9-,12-/m0/s1. The van der Waals surface area contributed by atoms with Crippen LogP contribution in [0.1, 0.15) is 52.4 Å². The Balaban J connectivity index is 2.23. The lowest BCUT2D eigenvalue weighted by molar-refractivity contribution is -0.117. The highest BCUT2D eigenvalue weighted by molar-refractivity contribution is 6.27. The van der Waals surface area contributed by atoms with Gasteiger partial charge in [-0.15, -0.1) is 0 Å². The van der Waals surface area contributed by atoms with Crippen molar-refractivity contribution in [3.8, 4) is 0 Å². The number of aliphatic hydroxyl groups is 1. The molecule has 19 heavy (non-hydrogen) atoms. The number of aliphatic hydroxyl groups excluding tert-OH is 1. The summed E-state index contributed by atoms with van der Waals surface area (Å²) in [6.07, 6.45) is 5.88. The van der Waals surface area contributed by atoms with Crippen LogP contribution in [0, 0.1) is 11.8 Å². The van der Waals surface area contributed by atoms with Gasteiger partial charge in [0, 0.05) is 5.92 Å². The van der Waals surface area contributed by atoms with Crippen molar-refractivity contribution in [2.45, 2.75) is 58.4 Å². The van der Waals surface area contributed by atoms with Crippen LogP contribution in [0.15, 0.2) is 11.3 Å². The van der Waals surface area contributed by atoms with Crippen molar-refractivity contribution in [1.29, 1.82) is 0 Å². The van der Waals surface area contributed by atoms with E-state index in [1.165, 1.54) is 6.42 Å². The fraction of sp³-hybridized carbons (Fsp3) is 0.733. The number of rotatable bonds is 3. The van der Waals surface area contributed by atoms with E-state index in [0.717, 1.165) is 32.1 Å². The number of ketones is 1. The molecule has 2 N–H and O–H groups in total. The van der Waals surface area contributed by atoms with Crippen molar-refractivity contribution in [2.75, 3.05) is 0 Å². The van der Waals surface area contributed by atoms with Gasteiger partial charge in [-0.25, -0.2) is 0 Å². The molecule has 0 radical (unpaired) electrons. The van der Waals surface area contributed by atoms with E-state index in [0.29, 0.717) is 0 Å². The molecule has 1 saturated carbocycles. The van der Waals surface area contributed by atoms with Gasteiger partial charge in [-0.1, -0.05) is 39.5 Å². The molecule has 4 heteroatoms. The minimum absolute atomic E-state index is 0.00543. The molecule has 0 aromatic heterocycles. The topological polar surface area (TPSA) is 66.4 Å². The molecule has 0 bridgehead atoms. The van der Waals surface area contributed by atoms with Gasteiger partial charge in [0.25, 0.3) is 5.91 Å². The Morgan fingerprint density at radius 2 is 1.95 bits per heavy atom. The monoisotopic (exact) mass is 265 g/mol. The van der Waals surface area contributed by atoms with Crippen molar-refractivity contribution in [2.24, 2.45) is 11.8 Å². The summed E-state index contributed by atoms with van der Waals surface area (Å²) in [6.45, 7) is 3.94. The number of hydrogen-bond donors (Lipinski definition) is 2. The van der Waals surface area contributed by atoms with Crippen molar-refractivity contribution < 1.29 is 14.7 Å². The highest BCUT2D eigenvalue weighted by atomic mass is 16.3. The van der Waals surface area contributed by atoms with Crippen LogP contribution in [-0.2, 0) is 9.59 Å². The SMILES string of the molecule is CC[C@H](C)[C@@H]1NC(=O)/C(=C(\O)C2CCCCC2)C1=O. The van der Waals surface area contributed by atoms with E-state index < -0.39 is 11.9 Å². The first-order valence-electron chi connectivity index (χ1n) is 7.34. The quantitative estimate of drug-likeness (QED) is 0.468. The fourth-order valence-electron chi connectivity index (χ4n) is 3.01. The zero-order valence-electron chi connectivity index (χ0n) is 11.7. The second kappa shape index (κ2) is 5.76. The lowest BCUT2D eigenvalue weighted by Crippen LogP contribution is -2.35. The fourth-order valence-corrected chi connectivity index (χ4v) is 3.01. The van der Waals surface area contributed by atoms with E-state index in [4.69, 9.17) is 0 Å². The third-order valence-electron chi connectivity index (χ3n) is 4.50. The second-order valence-electron chi connectivity index (χ2n) is 5.80. The normalized spacial score (nSPS) is 29.3. The lowest BCUT2D eigenvalue weighted by Gasteiger charge is -2.21. The maximum Gasteiger partial charge on any atom is 0.259 e. The molecular formula is C15H23NO3. The van der Waals surface area contributed by atoms with Gasteiger partial charge in [0.1, 0.15) is 11.3 Å². The average molecular weight is 265 g/mol. The Labute approximate surface area is 114 Å². The summed E-state index contributed by atoms with van der Waals surface area (Å²) in [5.41, 5.74) is 0.0252. The van der Waals surface area contributed by atoms with Crippen LogP contribution < -0.4 is 5.32 Å². The van der Waals surface area contributed by atoms with Gasteiger partial charge in [-0.2, -0.15) is 0 Å². The van der Waals surface area contributed by atoms with E-state index in [2.05, 4.69) is 5.32 Å². The van der Waals surface area contributed by atoms with Crippen molar-refractivity contribution in [3.05, 3.63) is 11.3 Å². The van der Waals surface area contributed by atoms with E-state index in [-0.39, 0.29) is 29.0 Å². The van der Waals surface area contributed by atoms with Crippen LogP contribution in [0.3, 0.4) is 0 Å². The molecule has 1 aliphatic carbocycles. The Morgan fingerprint density at radius 1 is 1.32 bits per heavy atom. The Bertz CT molecular complexity index is 408. The van der Waals surface area contributed by atoms with Crippen LogP contribution in [0.2, 0.25) is 0 Å². The number of carbonyl (C=O) groups is 2. The van der Waals surface area contributed by atoms with Gasteiger partial charge < -0.3 is 10.4 Å². The molecule has 1 saturated heterocycles. The van der Waals surface area contributed by atoms with Crippen LogP contribution in [-0.4, -0.2) is 22.8 Å². The molecule has 0 aromatic rings. The zero-order chi connectivity index (χ0) is 14.0. The molecule has 1 heterocycles. The second-order valence-corrected chi connectivity index (χ2v) is 5.80. The molecule has 2 fully saturated rings. The molecule has 0 aromatic carbocycles. The number of nitrogens with one attached hydrogen (secondary N) is 1. The average Bonchev–Trinajstić information content (AvgIpc) is 2.73. The molecule has 1 amide bonds. The van der Waals surface area contributed by atoms with Crippen LogP contribution >= 0.6 is 0 Å². The first-order valence-corrected chi connectivity index (χ1v) is 7.34. The number of carbonyl (C=O) groups excluding carboxylic acids is 2. The Kier molecular flexibility index (Phi) is 4.27. The van der Waals surface area contributed by atoms with Gasteiger partial charge in [-0.3, -0.25) is 9.59 Å². The highest BCUT2D eigenvalue weighted by Gasteiger charge is 2.41. The van der Waals surface area contributed by atoms with Gasteiger partial charge in [0.2, 0.25) is 0 Å². The van der Waals surface area contributed by atoms with Crippen LogP contribution in [0.5, 0.6) is 0 Å². The summed E-state index contributed by atoms with van der Waals surface area (Å²) in [5, 5.41) is 13.0. The molecule has 4 nitrogen and oxygen atoms in total. The summed E-state index contributed by atoms with van der Waals surface area (Å²) in [5.74, 6) is -0.476. The summed E-state index contributed by atoms with van der Waals surface area (Å²) < 4.78 is 0. The minimum Gasteiger partial charge on any atom is -0.511 e. The molecule has 0 spiro atoms. The summed E-state index contributed by atoms with van der Waals surface area (Å²) in [4.78, 5) is 24.2. The molecule has 1 aliphatic heterocycles. The molecular weight excluding hydrogens is 242 g/mol. The van der Waals surface area contributed by atoms with E-state index in [9.17, 15) is 14.7 Å². The number of allylic oxidation sites excluding steroid dienone is 1. The predicted octanol–water partition coefficient (Wildman–Crippen LogP) is 2.49. The Hall–Kier alpha value is -1.32. The highest BCUT2D eigenvalue weighted by Crippen LogP contribution is 2.32. The first kappa shape index (κ1) is 14.1. The molecule has 0 unspecified atom stereocenters.